The van der Waals surface area contributed by atoms with Gasteiger partial charge in [-0.2, -0.15) is 4.68 Å². The number of rotatable bonds is 15. The minimum Gasteiger partial charge on any atom is -0.392 e. The number of carbonyl (C=O) groups is 2. The molecule has 3 atom stereocenters. The highest BCUT2D eigenvalue weighted by Crippen LogP contribution is 2.40. The molecule has 46 heavy (non-hydrogen) atoms. The van der Waals surface area contributed by atoms with E-state index >= 15 is 0 Å². The number of thioether (sulfide) groups is 1. The Kier molecular flexibility index (Phi) is 12.3. The van der Waals surface area contributed by atoms with E-state index in [0.29, 0.717) is 42.3 Å². The molecule has 4 aromatic rings. The van der Waals surface area contributed by atoms with Crippen molar-refractivity contribution in [2.24, 2.45) is 0 Å². The lowest BCUT2D eigenvalue weighted by atomic mass is 10.0. The van der Waals surface area contributed by atoms with Crippen molar-refractivity contribution in [3.63, 3.8) is 0 Å². The number of aromatic nitrogens is 4. The van der Waals surface area contributed by atoms with Gasteiger partial charge in [-0.1, -0.05) is 79.2 Å². The number of carbonyl (C=O) groups excluding carboxylic acids is 2. The van der Waals surface area contributed by atoms with E-state index in [-0.39, 0.29) is 31.1 Å². The average molecular weight is 647 g/mol. The zero-order valence-electron chi connectivity index (χ0n) is 25.3. The molecule has 3 aromatic carbocycles. The van der Waals surface area contributed by atoms with E-state index < -0.39 is 12.2 Å². The standard InChI is InChI=1S/C33H38N6O6S/c40-21-23-15-17-24(18-16-23)29-20-28(22-46-33-35-37-38-39(33)27-11-4-3-5-12-27)44-32(45-29)25-9-8-10-26(19-25)34-30(41)13-6-1-2-7-14-31(42)36-43/h3-5,8-12,15-19,28-29,32,40,43H,1-2,6-7,13-14,20-22H2,(H,34,41)(H,36,42). The van der Waals surface area contributed by atoms with E-state index in [1.807, 2.05) is 78.9 Å². The molecule has 0 radical (unpaired) electrons. The smallest absolute Gasteiger partial charge is 0.243 e. The van der Waals surface area contributed by atoms with Gasteiger partial charge in [0, 0.05) is 36.3 Å². The minimum absolute atomic E-state index is 0.0329. The summed E-state index contributed by atoms with van der Waals surface area (Å²) in [6.07, 6.45) is 3.07. The van der Waals surface area contributed by atoms with Crippen molar-refractivity contribution >= 4 is 29.3 Å². The average Bonchev–Trinajstić information content (AvgIpc) is 3.58. The number of hydroxylamine groups is 1. The fraction of sp³-hybridized carbons (Fsp3) is 0.364. The normalized spacial score (nSPS) is 17.8. The quantitative estimate of drug-likeness (QED) is 0.0579. The van der Waals surface area contributed by atoms with Gasteiger partial charge in [-0.05, 0) is 58.7 Å². The number of benzene rings is 3. The lowest BCUT2D eigenvalue weighted by Gasteiger charge is -2.36. The fourth-order valence-corrected chi connectivity index (χ4v) is 6.07. The number of tetrazole rings is 1. The number of unbranched alkanes of at least 4 members (excludes halogenated alkanes) is 3. The summed E-state index contributed by atoms with van der Waals surface area (Å²) in [5.41, 5.74) is 5.73. The number of anilines is 1. The molecular weight excluding hydrogens is 608 g/mol. The number of hydrogen-bond acceptors (Lipinski definition) is 10. The van der Waals surface area contributed by atoms with Crippen LogP contribution < -0.4 is 10.8 Å². The van der Waals surface area contributed by atoms with Gasteiger partial charge in [-0.25, -0.2) is 5.48 Å². The molecule has 1 aliphatic heterocycles. The van der Waals surface area contributed by atoms with Gasteiger partial charge >= 0.3 is 0 Å². The molecule has 2 heterocycles. The van der Waals surface area contributed by atoms with Crippen molar-refractivity contribution in [3.8, 4) is 5.69 Å². The Bertz CT molecular complexity index is 1550. The van der Waals surface area contributed by atoms with Gasteiger partial charge in [0.1, 0.15) is 0 Å². The molecule has 0 aliphatic carbocycles. The van der Waals surface area contributed by atoms with Crippen molar-refractivity contribution in [3.05, 3.63) is 95.6 Å². The second kappa shape index (κ2) is 17.0. The molecule has 1 fully saturated rings. The first kappa shape index (κ1) is 33.2. The van der Waals surface area contributed by atoms with E-state index in [1.54, 1.807) is 10.2 Å². The lowest BCUT2D eigenvalue weighted by Crippen LogP contribution is -2.31. The Morgan fingerprint density at radius 1 is 0.891 bits per heavy atom. The molecule has 5 rings (SSSR count). The lowest BCUT2D eigenvalue weighted by molar-refractivity contribution is -0.245. The summed E-state index contributed by atoms with van der Waals surface area (Å²) < 4.78 is 14.7. The highest BCUT2D eigenvalue weighted by molar-refractivity contribution is 7.99. The summed E-state index contributed by atoms with van der Waals surface area (Å²) in [5, 5.41) is 34.0. The summed E-state index contributed by atoms with van der Waals surface area (Å²) in [6.45, 7) is -0.0329. The van der Waals surface area contributed by atoms with Crippen LogP contribution in [0.3, 0.4) is 0 Å². The Balaban J connectivity index is 1.23. The van der Waals surface area contributed by atoms with Crippen LogP contribution in [-0.4, -0.2) is 54.2 Å². The molecule has 0 saturated carbocycles. The number of nitrogens with one attached hydrogen (secondary N) is 2. The predicted octanol–water partition coefficient (Wildman–Crippen LogP) is 5.28. The SMILES string of the molecule is O=C(CCCCCCC(=O)Nc1cccc(C2OC(CSc3nnnn3-c3ccccc3)CC(c3ccc(CO)cc3)O2)c1)NO. The number of amides is 2. The highest BCUT2D eigenvalue weighted by Gasteiger charge is 2.33. The second-order valence-electron chi connectivity index (χ2n) is 11.0. The number of hydrogen-bond donors (Lipinski definition) is 4. The molecule has 242 valence electrons. The summed E-state index contributed by atoms with van der Waals surface area (Å²) in [5.74, 6) is 0.0895. The first-order valence-corrected chi connectivity index (χ1v) is 16.3. The maximum absolute atomic E-state index is 12.6. The van der Waals surface area contributed by atoms with Gasteiger partial charge in [0.2, 0.25) is 17.0 Å². The third-order valence-corrected chi connectivity index (χ3v) is 8.63. The molecule has 3 unspecified atom stereocenters. The van der Waals surface area contributed by atoms with E-state index in [0.717, 1.165) is 35.2 Å². The minimum atomic E-state index is -0.681. The van der Waals surface area contributed by atoms with Crippen LogP contribution in [0.4, 0.5) is 5.69 Å². The molecule has 2 amide bonds. The fourth-order valence-electron chi connectivity index (χ4n) is 5.16. The molecule has 4 N–H and O–H groups in total. The van der Waals surface area contributed by atoms with Crippen molar-refractivity contribution in [2.75, 3.05) is 11.1 Å². The van der Waals surface area contributed by atoms with Gasteiger partial charge in [0.05, 0.1) is 24.5 Å². The van der Waals surface area contributed by atoms with Crippen molar-refractivity contribution in [1.29, 1.82) is 0 Å². The largest absolute Gasteiger partial charge is 0.392 e. The van der Waals surface area contributed by atoms with Gasteiger partial charge < -0.3 is 19.9 Å². The summed E-state index contributed by atoms with van der Waals surface area (Å²) in [4.78, 5) is 23.8. The van der Waals surface area contributed by atoms with Crippen LogP contribution in [0.15, 0.2) is 84.0 Å². The van der Waals surface area contributed by atoms with E-state index in [9.17, 15) is 14.7 Å². The summed E-state index contributed by atoms with van der Waals surface area (Å²) in [7, 11) is 0. The molecule has 12 nitrogen and oxygen atoms in total. The zero-order valence-corrected chi connectivity index (χ0v) is 26.1. The van der Waals surface area contributed by atoms with Crippen LogP contribution in [0.2, 0.25) is 0 Å². The third kappa shape index (κ3) is 9.44. The summed E-state index contributed by atoms with van der Waals surface area (Å²) in [6, 6.07) is 24.9. The monoisotopic (exact) mass is 646 g/mol. The Morgan fingerprint density at radius 3 is 2.39 bits per heavy atom. The van der Waals surface area contributed by atoms with Crippen LogP contribution in [-0.2, 0) is 25.7 Å². The Hall–Kier alpha value is -4.14. The maximum Gasteiger partial charge on any atom is 0.243 e. The number of aliphatic hydroxyl groups is 1. The van der Waals surface area contributed by atoms with Crippen molar-refractivity contribution < 1.29 is 29.4 Å². The van der Waals surface area contributed by atoms with Crippen LogP contribution in [0.5, 0.6) is 0 Å². The summed E-state index contributed by atoms with van der Waals surface area (Å²) >= 11 is 1.51. The molecule has 0 bridgehead atoms. The Morgan fingerprint density at radius 2 is 1.65 bits per heavy atom. The van der Waals surface area contributed by atoms with Crippen LogP contribution >= 0.6 is 11.8 Å². The molecule has 1 saturated heterocycles. The molecule has 1 aliphatic rings. The predicted molar refractivity (Wildman–Crippen MR) is 171 cm³/mol. The van der Waals surface area contributed by atoms with Gasteiger partial charge in [0.25, 0.3) is 0 Å². The second-order valence-corrected chi connectivity index (χ2v) is 12.0. The number of ether oxygens (including phenoxy) is 2. The first-order valence-electron chi connectivity index (χ1n) is 15.3. The van der Waals surface area contributed by atoms with Crippen LogP contribution in [0, 0.1) is 0 Å². The van der Waals surface area contributed by atoms with Gasteiger partial charge in [-0.15, -0.1) is 5.10 Å². The molecule has 13 heteroatoms. The van der Waals surface area contributed by atoms with Crippen LogP contribution in [0.25, 0.3) is 5.69 Å². The van der Waals surface area contributed by atoms with E-state index in [4.69, 9.17) is 14.7 Å². The van der Waals surface area contributed by atoms with Crippen molar-refractivity contribution in [1.82, 2.24) is 25.7 Å². The van der Waals surface area contributed by atoms with Crippen LogP contribution in [0.1, 0.15) is 74.0 Å². The highest BCUT2D eigenvalue weighted by atomic mass is 32.2. The maximum atomic E-state index is 12.6. The zero-order chi connectivity index (χ0) is 32.1. The van der Waals surface area contributed by atoms with E-state index in [1.165, 1.54) is 11.8 Å². The van der Waals surface area contributed by atoms with E-state index in [2.05, 4.69) is 20.8 Å². The number of aliphatic hydroxyl groups excluding tert-OH is 1. The van der Waals surface area contributed by atoms with Gasteiger partial charge in [-0.3, -0.25) is 14.8 Å². The molecule has 0 spiro atoms. The topological polar surface area (TPSA) is 161 Å². The van der Waals surface area contributed by atoms with Gasteiger partial charge in [0.15, 0.2) is 6.29 Å². The number of para-hydroxylation sites is 1. The molecule has 1 aromatic heterocycles. The number of nitrogens with zero attached hydrogens (tertiary/aromatic N) is 4. The Labute approximate surface area is 271 Å². The van der Waals surface area contributed by atoms with Crippen molar-refractivity contribution in [2.45, 2.75) is 75.2 Å². The molecular formula is C33H38N6O6S. The third-order valence-electron chi connectivity index (χ3n) is 7.58. The first-order chi connectivity index (χ1) is 22.5.